The Labute approximate surface area is 196 Å². The highest BCUT2D eigenvalue weighted by molar-refractivity contribution is 7.07. The van der Waals surface area contributed by atoms with Gasteiger partial charge in [0.05, 0.1) is 22.3 Å². The third-order valence-electron chi connectivity index (χ3n) is 6.31. The first-order valence-electron chi connectivity index (χ1n) is 11.3. The van der Waals surface area contributed by atoms with Crippen LogP contribution in [0.2, 0.25) is 0 Å². The van der Waals surface area contributed by atoms with E-state index in [1.807, 2.05) is 6.07 Å². The van der Waals surface area contributed by atoms with Gasteiger partial charge in [-0.1, -0.05) is 55.5 Å². The monoisotopic (exact) mass is 455 g/mol. The number of rotatable bonds is 5. The Morgan fingerprint density at radius 2 is 1.91 bits per heavy atom. The fraction of sp³-hybridized carbons (Fsp3) is 0.222. The van der Waals surface area contributed by atoms with Crippen LogP contribution in [-0.4, -0.2) is 9.49 Å². The van der Waals surface area contributed by atoms with Crippen LogP contribution in [0.4, 0.5) is 11.4 Å². The number of aryl methyl sites for hydroxylation is 2. The predicted octanol–water partition coefficient (Wildman–Crippen LogP) is 6.85. The van der Waals surface area contributed by atoms with E-state index in [-0.39, 0.29) is 16.7 Å². The van der Waals surface area contributed by atoms with Gasteiger partial charge in [0.1, 0.15) is 0 Å². The van der Waals surface area contributed by atoms with Crippen LogP contribution in [0.15, 0.2) is 83.2 Å². The lowest BCUT2D eigenvalue weighted by atomic mass is 9.87. The number of hydrogen-bond acceptors (Lipinski definition) is 4. The topological polar surface area (TPSA) is 60.4 Å². The number of benzene rings is 3. The molecule has 0 fully saturated rings. The second-order valence-corrected chi connectivity index (χ2v) is 9.16. The van der Waals surface area contributed by atoms with Gasteiger partial charge in [0.2, 0.25) is 0 Å². The largest absolute Gasteiger partial charge is 0.309 e. The summed E-state index contributed by atoms with van der Waals surface area (Å²) in [4.78, 5) is 17.0. The van der Waals surface area contributed by atoms with Gasteiger partial charge in [0, 0.05) is 23.1 Å². The van der Waals surface area contributed by atoms with Crippen LogP contribution in [0.1, 0.15) is 42.5 Å². The molecule has 0 saturated heterocycles. The molecule has 0 aliphatic heterocycles. The summed E-state index contributed by atoms with van der Waals surface area (Å²) < 4.78 is 2.29. The Kier molecular flexibility index (Phi) is 5.92. The maximum Gasteiger partial charge on any atom is 0.270 e. The Bertz CT molecular complexity index is 1370. The maximum absolute atomic E-state index is 11.4. The van der Waals surface area contributed by atoms with Crippen molar-refractivity contribution in [1.29, 1.82) is 0 Å². The summed E-state index contributed by atoms with van der Waals surface area (Å²) in [5, 5.41) is 13.5. The minimum atomic E-state index is -0.337. The number of nitrogens with zero attached hydrogens (tertiary/aromatic N) is 3. The predicted molar refractivity (Wildman–Crippen MR) is 133 cm³/mol. The van der Waals surface area contributed by atoms with Gasteiger partial charge in [-0.15, -0.1) is 11.3 Å². The van der Waals surface area contributed by atoms with E-state index in [4.69, 9.17) is 4.99 Å². The van der Waals surface area contributed by atoms with E-state index < -0.39 is 0 Å². The number of hydrogen-bond donors (Lipinski definition) is 0. The van der Waals surface area contributed by atoms with Crippen molar-refractivity contribution in [3.05, 3.63) is 110 Å². The van der Waals surface area contributed by atoms with Crippen molar-refractivity contribution < 1.29 is 4.92 Å². The highest BCUT2D eigenvalue weighted by Gasteiger charge is 2.25. The molecule has 0 saturated carbocycles. The average Bonchev–Trinajstić information content (AvgIpc) is 3.27. The van der Waals surface area contributed by atoms with E-state index in [1.54, 1.807) is 23.5 Å². The molecule has 1 aliphatic carbocycles. The van der Waals surface area contributed by atoms with E-state index >= 15 is 0 Å². The molecule has 33 heavy (non-hydrogen) atoms. The molecule has 1 unspecified atom stereocenters. The third-order valence-corrected chi connectivity index (χ3v) is 7.15. The van der Waals surface area contributed by atoms with Crippen molar-refractivity contribution in [2.45, 2.75) is 38.6 Å². The number of fused-ring (bicyclic) bond motifs is 1. The van der Waals surface area contributed by atoms with Crippen LogP contribution in [-0.2, 0) is 12.8 Å². The van der Waals surface area contributed by atoms with Gasteiger partial charge in [0.15, 0.2) is 4.80 Å². The van der Waals surface area contributed by atoms with Crippen LogP contribution >= 0.6 is 11.3 Å². The molecule has 1 heterocycles. The molecule has 6 heteroatoms. The fourth-order valence-electron chi connectivity index (χ4n) is 4.61. The number of thiazole rings is 1. The maximum atomic E-state index is 11.4. The Morgan fingerprint density at radius 3 is 2.70 bits per heavy atom. The van der Waals surface area contributed by atoms with E-state index in [9.17, 15) is 10.1 Å². The summed E-state index contributed by atoms with van der Waals surface area (Å²) >= 11 is 1.58. The van der Waals surface area contributed by atoms with Crippen molar-refractivity contribution in [2.75, 3.05) is 0 Å². The molecule has 1 aliphatic rings. The van der Waals surface area contributed by atoms with Gasteiger partial charge < -0.3 is 4.57 Å². The SMILES string of the molecule is CCc1ccc(N=c2scc(-c3cccc([N+](=O)[O-])c3)n2C2CCCc3ccccc32)cc1. The van der Waals surface area contributed by atoms with Crippen molar-refractivity contribution in [3.8, 4) is 11.3 Å². The minimum Gasteiger partial charge on any atom is -0.309 e. The minimum absolute atomic E-state index is 0.0999. The summed E-state index contributed by atoms with van der Waals surface area (Å²) in [6, 6.07) is 24.0. The lowest BCUT2D eigenvalue weighted by Gasteiger charge is -2.28. The second kappa shape index (κ2) is 9.16. The van der Waals surface area contributed by atoms with Crippen LogP contribution < -0.4 is 4.80 Å². The molecule has 1 aromatic heterocycles. The zero-order valence-electron chi connectivity index (χ0n) is 18.5. The smallest absolute Gasteiger partial charge is 0.270 e. The zero-order chi connectivity index (χ0) is 22.8. The second-order valence-electron chi connectivity index (χ2n) is 8.32. The number of non-ortho nitro benzene ring substituents is 1. The summed E-state index contributed by atoms with van der Waals surface area (Å²) in [5.74, 6) is 0. The van der Waals surface area contributed by atoms with Crippen LogP contribution in [0.5, 0.6) is 0 Å². The van der Waals surface area contributed by atoms with Crippen molar-refractivity contribution in [2.24, 2.45) is 4.99 Å². The van der Waals surface area contributed by atoms with Gasteiger partial charge in [-0.05, 0) is 54.5 Å². The molecular formula is C27H25N3O2S. The van der Waals surface area contributed by atoms with E-state index in [0.29, 0.717) is 0 Å². The molecule has 0 amide bonds. The summed E-state index contributed by atoms with van der Waals surface area (Å²) in [5.41, 5.74) is 6.79. The molecular weight excluding hydrogens is 430 g/mol. The third kappa shape index (κ3) is 4.26. The molecule has 0 bridgehead atoms. The first-order valence-corrected chi connectivity index (χ1v) is 12.2. The standard InChI is InChI=1S/C27H25N3O2S/c1-2-19-13-15-22(16-14-19)28-27-29(25-12-6-8-20-7-3-4-11-24(20)25)26(18-33-27)21-9-5-10-23(17-21)30(31)32/h3-5,7,9-11,13-18,25H,2,6,8,12H2,1H3. The fourth-order valence-corrected chi connectivity index (χ4v) is 5.57. The first-order chi connectivity index (χ1) is 16.1. The molecule has 0 spiro atoms. The first kappa shape index (κ1) is 21.3. The zero-order valence-corrected chi connectivity index (χ0v) is 19.3. The van der Waals surface area contributed by atoms with Gasteiger partial charge in [-0.25, -0.2) is 4.99 Å². The summed E-state index contributed by atoms with van der Waals surface area (Å²) in [6.45, 7) is 2.14. The van der Waals surface area contributed by atoms with Gasteiger partial charge in [-0.3, -0.25) is 10.1 Å². The molecule has 166 valence electrons. The van der Waals surface area contributed by atoms with Crippen LogP contribution in [0, 0.1) is 10.1 Å². The molecule has 1 atom stereocenters. The van der Waals surface area contributed by atoms with Gasteiger partial charge >= 0.3 is 0 Å². The molecule has 5 rings (SSSR count). The number of aromatic nitrogens is 1. The van der Waals surface area contributed by atoms with Crippen LogP contribution in [0.3, 0.4) is 0 Å². The summed E-state index contributed by atoms with van der Waals surface area (Å²) in [7, 11) is 0. The Hall–Kier alpha value is -3.51. The quantitative estimate of drug-likeness (QED) is 0.244. The van der Waals surface area contributed by atoms with Gasteiger partial charge in [0.25, 0.3) is 5.69 Å². The highest BCUT2D eigenvalue weighted by Crippen LogP contribution is 2.36. The van der Waals surface area contributed by atoms with Crippen molar-refractivity contribution in [1.82, 2.24) is 4.57 Å². The molecule has 3 aromatic carbocycles. The molecule has 5 nitrogen and oxygen atoms in total. The average molecular weight is 456 g/mol. The molecule has 0 N–H and O–H groups in total. The molecule has 0 radical (unpaired) electrons. The van der Waals surface area contributed by atoms with Crippen molar-refractivity contribution in [3.63, 3.8) is 0 Å². The molecule has 4 aromatic rings. The summed E-state index contributed by atoms with van der Waals surface area (Å²) in [6.07, 6.45) is 4.19. The van der Waals surface area contributed by atoms with Crippen molar-refractivity contribution >= 4 is 22.7 Å². The Morgan fingerprint density at radius 1 is 1.09 bits per heavy atom. The highest BCUT2D eigenvalue weighted by atomic mass is 32.1. The van der Waals surface area contributed by atoms with E-state index in [2.05, 4.69) is 65.4 Å². The van der Waals surface area contributed by atoms with E-state index in [1.165, 1.54) is 22.8 Å². The number of nitro benzene ring substituents is 1. The lowest BCUT2D eigenvalue weighted by Crippen LogP contribution is -2.26. The van der Waals surface area contributed by atoms with Crippen LogP contribution in [0.25, 0.3) is 11.3 Å². The normalized spacial score (nSPS) is 15.9. The Balaban J connectivity index is 1.71. The van der Waals surface area contributed by atoms with E-state index in [0.717, 1.165) is 47.4 Å². The number of nitro groups is 1. The lowest BCUT2D eigenvalue weighted by molar-refractivity contribution is -0.384. The van der Waals surface area contributed by atoms with Gasteiger partial charge in [-0.2, -0.15) is 0 Å².